The molecule has 24 heavy (non-hydrogen) atoms. The molecule has 124 valence electrons. The lowest BCUT2D eigenvalue weighted by molar-refractivity contribution is -0.132. The number of hydrogen-bond acceptors (Lipinski definition) is 5. The number of hydrogen-bond donors (Lipinski definition) is 0. The number of thiophene rings is 1. The topological polar surface area (TPSA) is 59.2 Å². The van der Waals surface area contributed by atoms with Gasteiger partial charge in [0.15, 0.2) is 0 Å². The zero-order chi connectivity index (χ0) is 16.9. The van der Waals surface area contributed by atoms with Crippen molar-refractivity contribution in [2.24, 2.45) is 0 Å². The van der Waals surface area contributed by atoms with Gasteiger partial charge in [-0.2, -0.15) is 4.98 Å². The smallest absolute Gasteiger partial charge is 0.246 e. The van der Waals surface area contributed by atoms with Crippen LogP contribution in [0.4, 0.5) is 0 Å². The van der Waals surface area contributed by atoms with Crippen LogP contribution in [0.5, 0.6) is 0 Å². The summed E-state index contributed by atoms with van der Waals surface area (Å²) < 4.78 is 5.28. The molecule has 0 unspecified atom stereocenters. The van der Waals surface area contributed by atoms with E-state index < -0.39 is 0 Å². The van der Waals surface area contributed by atoms with E-state index >= 15 is 0 Å². The molecule has 2 heterocycles. The first kappa shape index (κ1) is 16.4. The van der Waals surface area contributed by atoms with Gasteiger partial charge in [0.05, 0.1) is 17.3 Å². The van der Waals surface area contributed by atoms with Gasteiger partial charge in [-0.15, -0.1) is 11.3 Å². The molecule has 0 spiro atoms. The predicted octanol–water partition coefficient (Wildman–Crippen LogP) is 3.95. The molecular formula is C18H19N3O2S. The Balaban J connectivity index is 1.70. The molecule has 3 rings (SSSR count). The van der Waals surface area contributed by atoms with E-state index in [0.717, 1.165) is 16.9 Å². The molecule has 0 N–H and O–H groups in total. The highest BCUT2D eigenvalue weighted by molar-refractivity contribution is 7.13. The van der Waals surface area contributed by atoms with Gasteiger partial charge < -0.3 is 9.42 Å². The summed E-state index contributed by atoms with van der Waals surface area (Å²) in [6.45, 7) is 2.32. The van der Waals surface area contributed by atoms with E-state index in [4.69, 9.17) is 4.52 Å². The Labute approximate surface area is 144 Å². The second kappa shape index (κ2) is 7.40. The molecule has 1 amide bonds. The average molecular weight is 341 g/mol. The summed E-state index contributed by atoms with van der Waals surface area (Å²) >= 11 is 1.55. The molecule has 5 nitrogen and oxygen atoms in total. The Morgan fingerprint density at radius 1 is 1.25 bits per heavy atom. The van der Waals surface area contributed by atoms with Gasteiger partial charge >= 0.3 is 0 Å². The number of carbonyl (C=O) groups excluding carboxylic acids is 1. The van der Waals surface area contributed by atoms with E-state index in [1.54, 1.807) is 23.3 Å². The molecule has 1 aromatic carbocycles. The molecule has 0 saturated heterocycles. The van der Waals surface area contributed by atoms with Gasteiger partial charge in [0.2, 0.25) is 17.6 Å². The summed E-state index contributed by atoms with van der Waals surface area (Å²) in [5.74, 6) is 0.906. The highest BCUT2D eigenvalue weighted by atomic mass is 32.1. The quantitative estimate of drug-likeness (QED) is 0.681. The first-order valence-electron chi connectivity index (χ1n) is 7.85. The number of likely N-dealkylation sites (N-methyl/N-ethyl adjacent to an activating group) is 1. The van der Waals surface area contributed by atoms with Crippen molar-refractivity contribution in [2.75, 3.05) is 7.05 Å². The van der Waals surface area contributed by atoms with Gasteiger partial charge in [0, 0.05) is 7.05 Å². The fourth-order valence-corrected chi connectivity index (χ4v) is 3.26. The van der Waals surface area contributed by atoms with Crippen LogP contribution >= 0.6 is 11.3 Å². The molecule has 6 heteroatoms. The molecule has 0 bridgehead atoms. The van der Waals surface area contributed by atoms with Crippen LogP contribution < -0.4 is 0 Å². The Hall–Kier alpha value is -2.47. The normalized spacial score (nSPS) is 12.1. The van der Waals surface area contributed by atoms with Gasteiger partial charge in [-0.1, -0.05) is 48.5 Å². The van der Waals surface area contributed by atoms with Crippen LogP contribution in [0.15, 0.2) is 52.4 Å². The Bertz CT molecular complexity index is 784. The molecule has 0 aliphatic heterocycles. The van der Waals surface area contributed by atoms with Crippen LogP contribution in [0.2, 0.25) is 0 Å². The van der Waals surface area contributed by atoms with E-state index in [2.05, 4.69) is 10.1 Å². The minimum atomic E-state index is -0.157. The molecule has 0 aliphatic carbocycles. The number of aromatic nitrogens is 2. The third-order valence-electron chi connectivity index (χ3n) is 3.87. The molecular weight excluding hydrogens is 322 g/mol. The van der Waals surface area contributed by atoms with Gasteiger partial charge in [0.25, 0.3) is 0 Å². The largest absolute Gasteiger partial charge is 0.337 e. The van der Waals surface area contributed by atoms with Gasteiger partial charge in [-0.25, -0.2) is 0 Å². The lowest BCUT2D eigenvalue weighted by Gasteiger charge is -2.22. The third-order valence-corrected chi connectivity index (χ3v) is 4.73. The van der Waals surface area contributed by atoms with E-state index in [1.165, 1.54) is 0 Å². The maximum absolute atomic E-state index is 12.8. The Morgan fingerprint density at radius 3 is 2.71 bits per heavy atom. The van der Waals surface area contributed by atoms with E-state index in [1.807, 2.05) is 54.8 Å². The van der Waals surface area contributed by atoms with Crippen molar-refractivity contribution in [3.05, 3.63) is 59.3 Å². The zero-order valence-corrected chi connectivity index (χ0v) is 14.5. The molecule has 3 aromatic rings. The second-order valence-electron chi connectivity index (χ2n) is 5.55. The monoisotopic (exact) mass is 341 g/mol. The predicted molar refractivity (Wildman–Crippen MR) is 93.6 cm³/mol. The third kappa shape index (κ3) is 3.54. The van der Waals surface area contributed by atoms with Crippen molar-refractivity contribution in [1.82, 2.24) is 15.0 Å². The molecule has 2 aromatic heterocycles. The van der Waals surface area contributed by atoms with Crippen LogP contribution in [0, 0.1) is 0 Å². The highest BCUT2D eigenvalue weighted by Gasteiger charge is 2.23. The maximum Gasteiger partial charge on any atom is 0.246 e. The lowest BCUT2D eigenvalue weighted by atomic mass is 9.95. The van der Waals surface area contributed by atoms with Crippen molar-refractivity contribution < 1.29 is 9.32 Å². The summed E-state index contributed by atoms with van der Waals surface area (Å²) in [5.41, 5.74) is 1.03. The lowest BCUT2D eigenvalue weighted by Crippen LogP contribution is -2.31. The Morgan fingerprint density at radius 2 is 2.04 bits per heavy atom. The number of amides is 1. The van der Waals surface area contributed by atoms with Crippen molar-refractivity contribution in [3.8, 4) is 10.7 Å². The van der Waals surface area contributed by atoms with Crippen LogP contribution in [-0.2, 0) is 11.3 Å². The van der Waals surface area contributed by atoms with Crippen molar-refractivity contribution in [2.45, 2.75) is 25.8 Å². The molecule has 0 saturated carbocycles. The summed E-state index contributed by atoms with van der Waals surface area (Å²) in [4.78, 5) is 19.7. The van der Waals surface area contributed by atoms with Gasteiger partial charge in [-0.3, -0.25) is 4.79 Å². The fourth-order valence-electron chi connectivity index (χ4n) is 2.61. The maximum atomic E-state index is 12.8. The molecule has 0 radical (unpaired) electrons. The van der Waals surface area contributed by atoms with Crippen LogP contribution in [0.1, 0.15) is 30.7 Å². The number of carbonyl (C=O) groups is 1. The second-order valence-corrected chi connectivity index (χ2v) is 6.50. The summed E-state index contributed by atoms with van der Waals surface area (Å²) in [6.07, 6.45) is 0.747. The summed E-state index contributed by atoms with van der Waals surface area (Å²) in [7, 11) is 1.77. The molecule has 0 aliphatic rings. The number of rotatable bonds is 6. The van der Waals surface area contributed by atoms with Crippen LogP contribution in [0.25, 0.3) is 10.7 Å². The highest BCUT2D eigenvalue weighted by Crippen LogP contribution is 2.24. The van der Waals surface area contributed by atoms with E-state index in [-0.39, 0.29) is 11.8 Å². The standard InChI is InChI=1S/C18H19N3O2S/c1-3-14(13-8-5-4-6-9-13)18(22)21(2)12-16-19-17(20-23-16)15-10-7-11-24-15/h4-11,14H,3,12H2,1-2H3/t14-/m1/s1. The molecule has 1 atom stereocenters. The number of nitrogens with zero attached hydrogens (tertiary/aromatic N) is 3. The summed E-state index contributed by atoms with van der Waals surface area (Å²) in [5, 5.41) is 5.95. The SMILES string of the molecule is CC[C@@H](C(=O)N(C)Cc1nc(-c2cccs2)no1)c1ccccc1. The van der Waals surface area contributed by atoms with Gasteiger partial charge in [-0.05, 0) is 23.4 Å². The van der Waals surface area contributed by atoms with Crippen LogP contribution in [0.3, 0.4) is 0 Å². The van der Waals surface area contributed by atoms with Gasteiger partial charge in [0.1, 0.15) is 0 Å². The average Bonchev–Trinajstić information content (AvgIpc) is 3.27. The van der Waals surface area contributed by atoms with Crippen molar-refractivity contribution >= 4 is 17.2 Å². The fraction of sp³-hybridized carbons (Fsp3) is 0.278. The zero-order valence-electron chi connectivity index (χ0n) is 13.7. The Kier molecular flexibility index (Phi) is 5.05. The van der Waals surface area contributed by atoms with Crippen molar-refractivity contribution in [3.63, 3.8) is 0 Å². The first-order chi connectivity index (χ1) is 11.7. The summed E-state index contributed by atoms with van der Waals surface area (Å²) in [6, 6.07) is 13.7. The van der Waals surface area contributed by atoms with Crippen LogP contribution in [-0.4, -0.2) is 28.0 Å². The van der Waals surface area contributed by atoms with E-state index in [9.17, 15) is 4.79 Å². The number of benzene rings is 1. The minimum absolute atomic E-state index is 0.0552. The van der Waals surface area contributed by atoms with E-state index in [0.29, 0.717) is 18.3 Å². The first-order valence-corrected chi connectivity index (χ1v) is 8.73. The van der Waals surface area contributed by atoms with Crippen molar-refractivity contribution in [1.29, 1.82) is 0 Å². The molecule has 0 fully saturated rings. The minimum Gasteiger partial charge on any atom is -0.337 e.